The normalized spacial score (nSPS) is 12.0. The van der Waals surface area contributed by atoms with Crippen molar-refractivity contribution >= 4 is 0 Å². The molecule has 1 aromatic heterocycles. The summed E-state index contributed by atoms with van der Waals surface area (Å²) in [5.41, 5.74) is 0.803. The van der Waals surface area contributed by atoms with E-state index in [0.717, 1.165) is 0 Å². The van der Waals surface area contributed by atoms with Crippen LogP contribution in [-0.2, 0) is 12.8 Å². The van der Waals surface area contributed by atoms with E-state index in [1.165, 1.54) is 6.20 Å². The fraction of sp³-hybridized carbons (Fsp3) is 0.571. The molecule has 1 heterocycles. The lowest BCUT2D eigenvalue weighted by Crippen LogP contribution is -2.13. The molecule has 0 aliphatic rings. The van der Waals surface area contributed by atoms with Crippen LogP contribution in [0.4, 0.5) is 13.2 Å². The molecule has 0 fully saturated rings. The molecule has 0 atom stereocenters. The Balaban J connectivity index is 2.75. The third-order valence-electron chi connectivity index (χ3n) is 1.57. The van der Waals surface area contributed by atoms with Crippen LogP contribution >= 0.6 is 0 Å². The zero-order chi connectivity index (χ0) is 9.19. The van der Waals surface area contributed by atoms with Crippen LogP contribution < -0.4 is 0 Å². The van der Waals surface area contributed by atoms with Gasteiger partial charge < -0.3 is 0 Å². The number of H-pyrrole nitrogens is 1. The Morgan fingerprint density at radius 2 is 2.17 bits per heavy atom. The first-order valence-corrected chi connectivity index (χ1v) is 3.61. The van der Waals surface area contributed by atoms with E-state index in [9.17, 15) is 13.2 Å². The molecule has 0 aliphatic heterocycles. The van der Waals surface area contributed by atoms with Gasteiger partial charge >= 0.3 is 6.18 Å². The first-order chi connectivity index (χ1) is 5.53. The smallest absolute Gasteiger partial charge is 0.282 e. The Labute approximate surface area is 67.8 Å². The molecule has 0 saturated carbocycles. The van der Waals surface area contributed by atoms with E-state index in [2.05, 4.69) is 10.2 Å². The summed E-state index contributed by atoms with van der Waals surface area (Å²) in [7, 11) is 0. The standard InChI is InChI=1S/C7H9F3N2/c1-2-5-4-11-12-6(5)3-7(8,9)10/h4H,2-3H2,1H3,(H,11,12). The molecule has 0 radical (unpaired) electrons. The molecule has 1 rings (SSSR count). The maximum absolute atomic E-state index is 11.9. The number of rotatable bonds is 2. The fourth-order valence-corrected chi connectivity index (χ4v) is 0.996. The average molecular weight is 178 g/mol. The summed E-state index contributed by atoms with van der Waals surface area (Å²) in [6.07, 6.45) is -3.07. The summed E-state index contributed by atoms with van der Waals surface area (Å²) in [5, 5.41) is 5.90. The number of aromatic nitrogens is 2. The molecule has 0 aromatic carbocycles. The van der Waals surface area contributed by atoms with E-state index in [-0.39, 0.29) is 5.69 Å². The van der Waals surface area contributed by atoms with Gasteiger partial charge in [-0.25, -0.2) is 0 Å². The summed E-state index contributed by atoms with van der Waals surface area (Å²) in [5.74, 6) is 0. The van der Waals surface area contributed by atoms with E-state index in [4.69, 9.17) is 0 Å². The van der Waals surface area contributed by atoms with Gasteiger partial charge in [0, 0.05) is 5.69 Å². The minimum atomic E-state index is -4.16. The Bertz CT molecular complexity index is 251. The first-order valence-electron chi connectivity index (χ1n) is 3.61. The lowest BCUT2D eigenvalue weighted by Gasteiger charge is -2.04. The summed E-state index contributed by atoms with van der Waals surface area (Å²) < 4.78 is 35.7. The summed E-state index contributed by atoms with van der Waals surface area (Å²) >= 11 is 0. The second kappa shape index (κ2) is 3.16. The van der Waals surface area contributed by atoms with Crippen LogP contribution in [0.2, 0.25) is 0 Å². The molecule has 0 amide bonds. The highest BCUT2D eigenvalue weighted by Gasteiger charge is 2.29. The molecule has 2 nitrogen and oxygen atoms in total. The van der Waals surface area contributed by atoms with E-state index in [1.807, 2.05) is 0 Å². The van der Waals surface area contributed by atoms with Crippen molar-refractivity contribution in [3.63, 3.8) is 0 Å². The van der Waals surface area contributed by atoms with Crippen LogP contribution in [0.1, 0.15) is 18.2 Å². The van der Waals surface area contributed by atoms with Gasteiger partial charge in [0.15, 0.2) is 0 Å². The number of nitrogens with one attached hydrogen (secondary N) is 1. The van der Waals surface area contributed by atoms with Crippen LogP contribution in [0.25, 0.3) is 0 Å². The van der Waals surface area contributed by atoms with Gasteiger partial charge in [0.25, 0.3) is 0 Å². The monoisotopic (exact) mass is 178 g/mol. The largest absolute Gasteiger partial charge is 0.394 e. The van der Waals surface area contributed by atoms with E-state index in [0.29, 0.717) is 12.0 Å². The van der Waals surface area contributed by atoms with Crippen LogP contribution in [0.5, 0.6) is 0 Å². The van der Waals surface area contributed by atoms with Crippen LogP contribution in [0.3, 0.4) is 0 Å². The molecule has 0 spiro atoms. The molecular formula is C7H9F3N2. The molecule has 68 valence electrons. The zero-order valence-electron chi connectivity index (χ0n) is 6.57. The van der Waals surface area contributed by atoms with Gasteiger partial charge in [0.2, 0.25) is 0 Å². The number of hydrogen-bond acceptors (Lipinski definition) is 1. The quantitative estimate of drug-likeness (QED) is 0.737. The van der Waals surface area contributed by atoms with Crippen LogP contribution in [-0.4, -0.2) is 16.4 Å². The van der Waals surface area contributed by atoms with Crippen molar-refractivity contribution in [2.45, 2.75) is 25.9 Å². The number of halogens is 3. The third kappa shape index (κ3) is 2.25. The van der Waals surface area contributed by atoms with Gasteiger partial charge in [-0.05, 0) is 12.0 Å². The van der Waals surface area contributed by atoms with Crippen molar-refractivity contribution in [1.82, 2.24) is 10.2 Å². The Kier molecular flexibility index (Phi) is 2.40. The minimum Gasteiger partial charge on any atom is -0.282 e. The van der Waals surface area contributed by atoms with Gasteiger partial charge in [-0.2, -0.15) is 18.3 Å². The van der Waals surface area contributed by atoms with Crippen molar-refractivity contribution in [2.75, 3.05) is 0 Å². The SMILES string of the molecule is CCc1cn[nH]c1CC(F)(F)F. The number of aromatic amines is 1. The van der Waals surface area contributed by atoms with Crippen molar-refractivity contribution in [3.05, 3.63) is 17.5 Å². The highest BCUT2D eigenvalue weighted by molar-refractivity contribution is 5.16. The van der Waals surface area contributed by atoms with Gasteiger partial charge in [-0.1, -0.05) is 6.92 Å². The molecule has 5 heteroatoms. The van der Waals surface area contributed by atoms with Crippen LogP contribution in [0, 0.1) is 0 Å². The Hall–Kier alpha value is -1.00. The van der Waals surface area contributed by atoms with Crippen molar-refractivity contribution < 1.29 is 13.2 Å². The van der Waals surface area contributed by atoms with E-state index >= 15 is 0 Å². The van der Waals surface area contributed by atoms with Gasteiger partial charge in [0.05, 0.1) is 12.6 Å². The highest BCUT2D eigenvalue weighted by Crippen LogP contribution is 2.21. The molecular weight excluding hydrogens is 169 g/mol. The van der Waals surface area contributed by atoms with Crippen molar-refractivity contribution in [3.8, 4) is 0 Å². The molecule has 12 heavy (non-hydrogen) atoms. The minimum absolute atomic E-state index is 0.171. The van der Waals surface area contributed by atoms with Crippen molar-refractivity contribution in [2.24, 2.45) is 0 Å². The van der Waals surface area contributed by atoms with Gasteiger partial charge in [-0.3, -0.25) is 5.10 Å². The van der Waals surface area contributed by atoms with Gasteiger partial charge in [-0.15, -0.1) is 0 Å². The average Bonchev–Trinajstić information content (AvgIpc) is 2.31. The van der Waals surface area contributed by atoms with E-state index < -0.39 is 12.6 Å². The lowest BCUT2D eigenvalue weighted by atomic mass is 10.1. The second-order valence-corrected chi connectivity index (χ2v) is 2.52. The molecule has 0 bridgehead atoms. The van der Waals surface area contributed by atoms with E-state index in [1.54, 1.807) is 6.92 Å². The fourth-order valence-electron chi connectivity index (χ4n) is 0.996. The highest BCUT2D eigenvalue weighted by atomic mass is 19.4. The topological polar surface area (TPSA) is 28.7 Å². The van der Waals surface area contributed by atoms with Crippen LogP contribution in [0.15, 0.2) is 6.20 Å². The third-order valence-corrected chi connectivity index (χ3v) is 1.57. The molecule has 1 N–H and O–H groups in total. The number of aryl methyl sites for hydroxylation is 1. The maximum atomic E-state index is 11.9. The summed E-state index contributed by atoms with van der Waals surface area (Å²) in [6, 6.07) is 0. The molecule has 0 aliphatic carbocycles. The maximum Gasteiger partial charge on any atom is 0.394 e. The summed E-state index contributed by atoms with van der Waals surface area (Å²) in [6.45, 7) is 1.80. The zero-order valence-corrected chi connectivity index (χ0v) is 6.57. The molecule has 0 unspecified atom stereocenters. The lowest BCUT2D eigenvalue weighted by molar-refractivity contribution is -0.127. The predicted molar refractivity (Wildman–Crippen MR) is 37.7 cm³/mol. The number of nitrogens with zero attached hydrogens (tertiary/aromatic N) is 1. The number of hydrogen-bond donors (Lipinski definition) is 1. The predicted octanol–water partition coefficient (Wildman–Crippen LogP) is 2.08. The summed E-state index contributed by atoms with van der Waals surface area (Å²) in [4.78, 5) is 0. The Morgan fingerprint density at radius 1 is 1.50 bits per heavy atom. The molecule has 1 aromatic rings. The first kappa shape index (κ1) is 9.09. The number of alkyl halides is 3. The Morgan fingerprint density at radius 3 is 2.67 bits per heavy atom. The molecule has 0 saturated heterocycles. The van der Waals surface area contributed by atoms with Crippen molar-refractivity contribution in [1.29, 1.82) is 0 Å². The van der Waals surface area contributed by atoms with Gasteiger partial charge in [0.1, 0.15) is 0 Å². The second-order valence-electron chi connectivity index (χ2n) is 2.52.